The smallest absolute Gasteiger partial charge is 0.247 e. The lowest BCUT2D eigenvalue weighted by Gasteiger charge is -2.07. The fourth-order valence-corrected chi connectivity index (χ4v) is 4.27. The first kappa shape index (κ1) is 19.9. The molecule has 0 amide bonds. The van der Waals surface area contributed by atoms with Crippen LogP contribution >= 0.6 is 0 Å². The third-order valence-electron chi connectivity index (χ3n) is 3.71. The molecule has 3 aromatic carbocycles. The zero-order valence-electron chi connectivity index (χ0n) is 15.0. The molecule has 0 saturated carbocycles. The molecule has 0 aliphatic heterocycles. The summed E-state index contributed by atoms with van der Waals surface area (Å²) < 4.78 is 0. The highest BCUT2D eigenvalue weighted by Gasteiger charge is 2.27. The van der Waals surface area contributed by atoms with Crippen LogP contribution in [0.5, 0.6) is 0 Å². The first-order valence-corrected chi connectivity index (χ1v) is 9.68. The fourth-order valence-electron chi connectivity index (χ4n) is 2.16. The molecule has 0 aliphatic carbocycles. The number of nitrogens with zero attached hydrogens (tertiary/aromatic N) is 3. The van der Waals surface area contributed by atoms with Crippen molar-refractivity contribution in [3.8, 4) is 17.9 Å². The second-order valence-electron chi connectivity index (χ2n) is 5.93. The Morgan fingerprint density at radius 2 is 0.815 bits per heavy atom. The Labute approximate surface area is 163 Å². The summed E-state index contributed by atoms with van der Waals surface area (Å²) in [6.45, 7) is 1.33. The van der Waals surface area contributed by atoms with E-state index in [0.29, 0.717) is 0 Å². The minimum Gasteiger partial charge on any atom is -0.247 e. The minimum absolute atomic E-state index is 0.0146. The van der Waals surface area contributed by atoms with Crippen molar-refractivity contribution >= 4 is 17.0 Å². The SMILES string of the molecule is C[B-](C#N)(C#N)C#N.c1ccc([S+](c2ccccc2)c2ccccc2)cc1. The maximum atomic E-state index is 8.12. The summed E-state index contributed by atoms with van der Waals surface area (Å²) in [5.41, 5.74) is 0. The highest BCUT2D eigenvalue weighted by atomic mass is 32.2. The molecule has 0 N–H and O–H groups in total. The molecule has 0 atom stereocenters. The predicted octanol–water partition coefficient (Wildman–Crippen LogP) is 5.04. The molecule has 0 bridgehead atoms. The van der Waals surface area contributed by atoms with Crippen LogP contribution in [0.25, 0.3) is 0 Å². The van der Waals surface area contributed by atoms with Gasteiger partial charge in [-0.3, -0.25) is 0 Å². The summed E-state index contributed by atoms with van der Waals surface area (Å²) in [6, 6.07) is 32.2. The van der Waals surface area contributed by atoms with Gasteiger partial charge >= 0.3 is 0 Å². The molecular formula is C22H18BN3S. The van der Waals surface area contributed by atoms with Crippen LogP contribution in [0.1, 0.15) is 0 Å². The summed E-state index contributed by atoms with van der Waals surface area (Å²) in [4.78, 5) is 4.08. The molecular weight excluding hydrogens is 349 g/mol. The first-order chi connectivity index (χ1) is 13.1. The van der Waals surface area contributed by atoms with E-state index in [-0.39, 0.29) is 10.9 Å². The molecule has 5 heteroatoms. The van der Waals surface area contributed by atoms with Crippen LogP contribution in [0.2, 0.25) is 6.82 Å². The van der Waals surface area contributed by atoms with Gasteiger partial charge in [0.2, 0.25) is 0 Å². The Kier molecular flexibility index (Phi) is 7.27. The van der Waals surface area contributed by atoms with Gasteiger partial charge in [0.05, 0.1) is 10.9 Å². The summed E-state index contributed by atoms with van der Waals surface area (Å²) >= 11 is 0. The normalized spacial score (nSPS) is 9.89. The van der Waals surface area contributed by atoms with E-state index in [4.69, 9.17) is 15.8 Å². The van der Waals surface area contributed by atoms with Gasteiger partial charge in [-0.1, -0.05) is 54.6 Å². The summed E-state index contributed by atoms with van der Waals surface area (Å²) in [5, 5.41) is 24.4. The largest absolute Gasteiger partial charge is 0.296 e. The van der Waals surface area contributed by atoms with E-state index in [1.54, 1.807) is 17.9 Å². The fraction of sp³-hybridized carbons (Fsp3) is 0.0455. The molecule has 0 radical (unpaired) electrons. The van der Waals surface area contributed by atoms with Crippen LogP contribution in [-0.2, 0) is 10.9 Å². The van der Waals surface area contributed by atoms with Crippen molar-refractivity contribution < 1.29 is 0 Å². The topological polar surface area (TPSA) is 71.4 Å². The van der Waals surface area contributed by atoms with Crippen molar-refractivity contribution in [3.63, 3.8) is 0 Å². The van der Waals surface area contributed by atoms with Gasteiger partial charge in [0.15, 0.2) is 14.7 Å². The maximum Gasteiger partial charge on any atom is 0.296 e. The number of hydrogen-bond donors (Lipinski definition) is 0. The van der Waals surface area contributed by atoms with Crippen LogP contribution in [0, 0.1) is 33.7 Å². The summed E-state index contributed by atoms with van der Waals surface area (Å²) in [5.74, 6) is 4.85. The third-order valence-corrected chi connectivity index (χ3v) is 5.94. The second kappa shape index (κ2) is 9.88. The van der Waals surface area contributed by atoms with Gasteiger partial charge < -0.3 is 0 Å². The van der Waals surface area contributed by atoms with Gasteiger partial charge in [-0.05, 0) is 36.4 Å². The van der Waals surface area contributed by atoms with E-state index in [1.165, 1.54) is 21.5 Å². The quantitative estimate of drug-likeness (QED) is 0.481. The molecule has 0 aromatic heterocycles. The van der Waals surface area contributed by atoms with Gasteiger partial charge in [-0.15, -0.1) is 17.9 Å². The Bertz CT molecular complexity index is 841. The van der Waals surface area contributed by atoms with Crippen molar-refractivity contribution in [1.29, 1.82) is 15.8 Å². The van der Waals surface area contributed by atoms with E-state index < -0.39 is 6.15 Å². The predicted molar refractivity (Wildman–Crippen MR) is 110 cm³/mol. The molecule has 3 aromatic rings. The molecule has 27 heavy (non-hydrogen) atoms. The van der Waals surface area contributed by atoms with E-state index in [9.17, 15) is 0 Å². The van der Waals surface area contributed by atoms with Crippen LogP contribution in [-0.4, -0.2) is 6.15 Å². The van der Waals surface area contributed by atoms with E-state index >= 15 is 0 Å². The van der Waals surface area contributed by atoms with E-state index in [1.807, 2.05) is 0 Å². The lowest BCUT2D eigenvalue weighted by molar-refractivity contribution is 1.32. The monoisotopic (exact) mass is 367 g/mol. The molecule has 0 saturated heterocycles. The Hall–Kier alpha value is -3.46. The first-order valence-electron chi connectivity index (χ1n) is 8.46. The highest BCUT2D eigenvalue weighted by Crippen LogP contribution is 2.30. The molecule has 3 rings (SSSR count). The Morgan fingerprint density at radius 3 is 1.00 bits per heavy atom. The van der Waals surface area contributed by atoms with Crippen LogP contribution in [0.15, 0.2) is 106 Å². The van der Waals surface area contributed by atoms with Crippen molar-refractivity contribution in [3.05, 3.63) is 91.0 Å². The van der Waals surface area contributed by atoms with Crippen LogP contribution < -0.4 is 0 Å². The summed E-state index contributed by atoms with van der Waals surface area (Å²) in [6.07, 6.45) is -2.04. The average molecular weight is 367 g/mol. The van der Waals surface area contributed by atoms with Crippen molar-refractivity contribution in [2.45, 2.75) is 21.5 Å². The lowest BCUT2D eigenvalue weighted by atomic mass is 9.31. The summed E-state index contributed by atoms with van der Waals surface area (Å²) in [7, 11) is -0.0146. The second-order valence-corrected chi connectivity index (χ2v) is 7.96. The average Bonchev–Trinajstić information content (AvgIpc) is 2.76. The molecule has 0 heterocycles. The van der Waals surface area contributed by atoms with Crippen LogP contribution in [0.4, 0.5) is 0 Å². The third kappa shape index (κ3) is 5.51. The standard InChI is InChI=1S/C18H15S.C4H3BN3/c1-4-10-16(11-5-1)19(17-12-6-2-7-13-17)18-14-8-3-9-15-18;1-5(2-6,3-7)4-8/h1-15H;1H3/q+1;-1. The van der Waals surface area contributed by atoms with Crippen molar-refractivity contribution in [2.24, 2.45) is 0 Å². The van der Waals surface area contributed by atoms with Gasteiger partial charge in [0, 0.05) is 0 Å². The van der Waals surface area contributed by atoms with Gasteiger partial charge in [0.1, 0.15) is 0 Å². The Balaban J connectivity index is 0.000000279. The number of rotatable bonds is 3. The number of hydrogen-bond acceptors (Lipinski definition) is 3. The van der Waals surface area contributed by atoms with Crippen LogP contribution in [0.3, 0.4) is 0 Å². The van der Waals surface area contributed by atoms with E-state index in [2.05, 4.69) is 91.0 Å². The minimum atomic E-state index is -2.04. The van der Waals surface area contributed by atoms with Crippen molar-refractivity contribution in [2.75, 3.05) is 0 Å². The number of nitriles is 3. The lowest BCUT2D eigenvalue weighted by Crippen LogP contribution is -2.23. The zero-order chi connectivity index (χ0) is 19.5. The molecule has 0 unspecified atom stereocenters. The van der Waals surface area contributed by atoms with Crippen molar-refractivity contribution in [1.82, 2.24) is 0 Å². The van der Waals surface area contributed by atoms with E-state index in [0.717, 1.165) is 0 Å². The van der Waals surface area contributed by atoms with Gasteiger partial charge in [-0.25, -0.2) is 15.8 Å². The molecule has 0 fully saturated rings. The van der Waals surface area contributed by atoms with Gasteiger partial charge in [-0.2, -0.15) is 6.82 Å². The molecule has 0 aliphatic rings. The van der Waals surface area contributed by atoms with Gasteiger partial charge in [0.25, 0.3) is 6.15 Å². The number of benzene rings is 3. The Morgan fingerprint density at radius 1 is 0.556 bits per heavy atom. The molecule has 3 nitrogen and oxygen atoms in total. The zero-order valence-corrected chi connectivity index (χ0v) is 15.8. The molecule has 130 valence electrons. The highest BCUT2D eigenvalue weighted by molar-refractivity contribution is 7.97. The molecule has 0 spiro atoms. The maximum absolute atomic E-state index is 8.12.